The van der Waals surface area contributed by atoms with Crippen molar-refractivity contribution in [3.8, 4) is 0 Å². The molecule has 0 bridgehead atoms. The van der Waals surface area contributed by atoms with Gasteiger partial charge in [-0.05, 0) is 99.0 Å². The summed E-state index contributed by atoms with van der Waals surface area (Å²) in [6.07, 6.45) is 0. The lowest BCUT2D eigenvalue weighted by Crippen LogP contribution is -1.88. The van der Waals surface area contributed by atoms with Gasteiger partial charge in [0.25, 0.3) is 0 Å². The van der Waals surface area contributed by atoms with E-state index in [9.17, 15) is 0 Å². The van der Waals surface area contributed by atoms with Gasteiger partial charge in [-0.1, -0.05) is 109 Å². The number of fused-ring (bicyclic) bond motifs is 24. The van der Waals surface area contributed by atoms with E-state index < -0.39 is 34.9 Å². The SMILES string of the molecule is Fc1cc(F)c2c3c(cc4ccc5ccccc5c4c13)c1c2c2c3cc4ccc5ccccc5c4c4c(F)cc(F)c(c34)c2c2c3cc4ccc5ccccc5c4c4c(F)cc(F)c(c34)c12. The summed E-state index contributed by atoms with van der Waals surface area (Å²) in [5.41, 5.74) is 0. The van der Waals surface area contributed by atoms with Crippen LogP contribution in [0.2, 0.25) is 0 Å². The molecular weight excluding hydrogens is 835 g/mol. The minimum absolute atomic E-state index is 0.0941. The van der Waals surface area contributed by atoms with Crippen molar-refractivity contribution in [2.75, 3.05) is 0 Å². The van der Waals surface area contributed by atoms with Crippen LogP contribution in [0.4, 0.5) is 26.3 Å². The fourth-order valence-corrected chi connectivity index (χ4v) is 12.8. The Bertz CT molecular complexity index is 4460. The summed E-state index contributed by atoms with van der Waals surface area (Å²) < 4.78 is 104. The van der Waals surface area contributed by atoms with Crippen LogP contribution < -0.4 is 0 Å². The highest BCUT2D eigenvalue weighted by atomic mass is 19.2. The predicted molar refractivity (Wildman–Crippen MR) is 262 cm³/mol. The summed E-state index contributed by atoms with van der Waals surface area (Å²) in [6.45, 7) is 0. The molecule has 0 nitrogen and oxygen atoms in total. The van der Waals surface area contributed by atoms with E-state index in [1.807, 2.05) is 127 Å². The summed E-state index contributed by atoms with van der Waals surface area (Å²) in [5.74, 6) is -4.81. The lowest BCUT2D eigenvalue weighted by atomic mass is 9.93. The molecule has 0 unspecified atom stereocenters. The monoisotopic (exact) mass is 858 g/mol. The maximum absolute atomic E-state index is 17.5. The summed E-state index contributed by atoms with van der Waals surface area (Å²) >= 11 is 0. The number of hydrogen-bond donors (Lipinski definition) is 0. The Morgan fingerprint density at radius 3 is 0.682 bits per heavy atom. The molecule has 0 spiro atoms. The molecule has 0 fully saturated rings. The van der Waals surface area contributed by atoms with Gasteiger partial charge in [0.05, 0.1) is 0 Å². The van der Waals surface area contributed by atoms with E-state index in [-0.39, 0.29) is 32.3 Å². The van der Waals surface area contributed by atoms with Gasteiger partial charge in [0.2, 0.25) is 0 Å². The first-order valence-corrected chi connectivity index (χ1v) is 21.8. The van der Waals surface area contributed by atoms with E-state index in [4.69, 9.17) is 0 Å². The quantitative estimate of drug-likeness (QED) is 0.105. The van der Waals surface area contributed by atoms with E-state index in [0.29, 0.717) is 97.0 Å². The van der Waals surface area contributed by atoms with Gasteiger partial charge in [0.15, 0.2) is 0 Å². The summed E-state index contributed by atoms with van der Waals surface area (Å²) in [7, 11) is 0. The van der Waals surface area contributed by atoms with Crippen LogP contribution in [0.1, 0.15) is 0 Å². The molecule has 0 saturated carbocycles. The number of hydrogen-bond acceptors (Lipinski definition) is 0. The molecule has 0 N–H and O–H groups in total. The molecule has 16 aromatic rings. The Kier molecular flexibility index (Phi) is 6.14. The lowest BCUT2D eigenvalue weighted by Gasteiger charge is -2.11. The van der Waals surface area contributed by atoms with E-state index >= 15 is 26.3 Å². The van der Waals surface area contributed by atoms with Gasteiger partial charge < -0.3 is 0 Å². The summed E-state index contributed by atoms with van der Waals surface area (Å²) in [6, 6.07) is 43.0. The number of benzene rings is 13. The van der Waals surface area contributed by atoms with Gasteiger partial charge in [-0.2, -0.15) is 0 Å². The van der Waals surface area contributed by atoms with Crippen molar-refractivity contribution in [2.24, 2.45) is 0 Å². The zero-order chi connectivity index (χ0) is 43.8. The fourth-order valence-electron chi connectivity index (χ4n) is 12.8. The fraction of sp³-hybridized carbons (Fsp3) is 0. The third kappa shape index (κ3) is 3.88. The highest BCUT2D eigenvalue weighted by Crippen LogP contribution is 2.59. The third-order valence-corrected chi connectivity index (χ3v) is 15.1. The predicted octanol–water partition coefficient (Wildman–Crippen LogP) is 18.1. The molecule has 6 heteroatoms. The summed E-state index contributed by atoms with van der Waals surface area (Å²) in [5, 5.41) is 14.3. The molecule has 0 aromatic heterocycles. The van der Waals surface area contributed by atoms with E-state index in [2.05, 4.69) is 0 Å². The van der Waals surface area contributed by atoms with Crippen molar-refractivity contribution in [3.63, 3.8) is 0 Å². The zero-order valence-corrected chi connectivity index (χ0v) is 34.1. The molecule has 0 radical (unpaired) electrons. The van der Waals surface area contributed by atoms with Crippen LogP contribution in [0.25, 0.3) is 162 Å². The van der Waals surface area contributed by atoms with Crippen LogP contribution in [0.5, 0.6) is 0 Å². The van der Waals surface area contributed by atoms with Crippen LogP contribution in [-0.4, -0.2) is 0 Å². The second-order valence-electron chi connectivity index (χ2n) is 18.1. The Hall–Kier alpha value is -8.22. The summed E-state index contributed by atoms with van der Waals surface area (Å²) in [4.78, 5) is 0. The van der Waals surface area contributed by atoms with Crippen LogP contribution in [-0.2, 0) is 0 Å². The molecule has 306 valence electrons. The van der Waals surface area contributed by atoms with Crippen molar-refractivity contribution in [1.82, 2.24) is 0 Å². The topological polar surface area (TPSA) is 0 Å². The first-order valence-electron chi connectivity index (χ1n) is 21.8. The van der Waals surface area contributed by atoms with Gasteiger partial charge in [-0.3, -0.25) is 0 Å². The number of rotatable bonds is 0. The molecule has 0 atom stereocenters. The molecule has 0 aliphatic rings. The first kappa shape index (κ1) is 35.2. The second-order valence-corrected chi connectivity index (χ2v) is 18.1. The van der Waals surface area contributed by atoms with Crippen molar-refractivity contribution in [1.29, 1.82) is 0 Å². The van der Waals surface area contributed by atoms with Crippen molar-refractivity contribution in [2.45, 2.75) is 0 Å². The molecule has 0 saturated heterocycles. The molecule has 66 heavy (non-hydrogen) atoms. The normalized spacial score (nSPS) is 13.0. The van der Waals surface area contributed by atoms with Gasteiger partial charge in [0, 0.05) is 99.0 Å². The van der Waals surface area contributed by atoms with Crippen molar-refractivity contribution in [3.05, 3.63) is 180 Å². The standard InChI is InChI=1S/C60H24F6/c61-37-22-40(64)55-46-34(19-28-16-13-25-7-1-4-10-31(25)43(28)52(37)46)49-58(55)50-35-20-29-17-14-26-8-2-5-11-32(26)44(29)53-39(63)24-42(66)57(47(35)53)60(50)51-36-21-30-18-15-27-9-3-6-12-33(27)45(30)54-38(62)23-41(65)56(48(36)54)59(49)51/h1-24H. The highest BCUT2D eigenvalue weighted by Gasteiger charge is 2.33. The van der Waals surface area contributed by atoms with Crippen LogP contribution >= 0.6 is 0 Å². The van der Waals surface area contributed by atoms with E-state index in [1.165, 1.54) is 0 Å². The average molecular weight is 859 g/mol. The van der Waals surface area contributed by atoms with Gasteiger partial charge >= 0.3 is 0 Å². The third-order valence-electron chi connectivity index (χ3n) is 15.1. The van der Waals surface area contributed by atoms with Gasteiger partial charge in [-0.25, -0.2) is 26.3 Å². The van der Waals surface area contributed by atoms with Crippen LogP contribution in [0.15, 0.2) is 146 Å². The molecular formula is C60H24F6. The van der Waals surface area contributed by atoms with Gasteiger partial charge in [0.1, 0.15) is 34.9 Å². The first-order chi connectivity index (χ1) is 32.3. The van der Waals surface area contributed by atoms with E-state index in [1.54, 1.807) is 0 Å². The van der Waals surface area contributed by atoms with Crippen LogP contribution in [0.3, 0.4) is 0 Å². The minimum atomic E-state index is -0.843. The molecule has 0 amide bonds. The largest absolute Gasteiger partial charge is 0.206 e. The second kappa shape index (κ2) is 11.5. The van der Waals surface area contributed by atoms with Crippen LogP contribution in [0, 0.1) is 34.9 Å². The van der Waals surface area contributed by atoms with Crippen molar-refractivity contribution >= 4 is 162 Å². The lowest BCUT2D eigenvalue weighted by molar-refractivity contribution is 0.599. The Morgan fingerprint density at radius 1 is 0.167 bits per heavy atom. The minimum Gasteiger partial charge on any atom is -0.206 e. The molecule has 0 aliphatic heterocycles. The molecule has 16 aromatic carbocycles. The number of halogens is 6. The Morgan fingerprint density at radius 2 is 0.394 bits per heavy atom. The Balaban J connectivity index is 1.31. The van der Waals surface area contributed by atoms with Crippen molar-refractivity contribution < 1.29 is 26.3 Å². The maximum atomic E-state index is 17.5. The van der Waals surface area contributed by atoms with Gasteiger partial charge in [-0.15, -0.1) is 0 Å². The average Bonchev–Trinajstić information content (AvgIpc) is 3.97. The smallest absolute Gasteiger partial charge is 0.134 e. The highest BCUT2D eigenvalue weighted by molar-refractivity contribution is 6.58. The Labute approximate surface area is 367 Å². The zero-order valence-electron chi connectivity index (χ0n) is 34.1. The molecule has 0 heterocycles. The molecule has 0 aliphatic carbocycles. The maximum Gasteiger partial charge on any atom is 0.134 e. The van der Waals surface area contributed by atoms with E-state index in [0.717, 1.165) is 50.5 Å². The molecule has 16 rings (SSSR count).